The number of benzene rings is 2. The number of halogens is 4. The molecule has 1 aliphatic heterocycles. The highest BCUT2D eigenvalue weighted by Crippen LogP contribution is 2.37. The summed E-state index contributed by atoms with van der Waals surface area (Å²) in [6, 6.07) is 8.91. The van der Waals surface area contributed by atoms with Gasteiger partial charge in [-0.2, -0.15) is 13.2 Å². The minimum absolute atomic E-state index is 0.0367. The third kappa shape index (κ3) is 4.47. The summed E-state index contributed by atoms with van der Waals surface area (Å²) >= 11 is 3.23. The van der Waals surface area contributed by atoms with Crippen LogP contribution in [-0.4, -0.2) is 20.1 Å². The molecule has 2 aromatic rings. The van der Waals surface area contributed by atoms with E-state index in [0.717, 1.165) is 12.1 Å². The van der Waals surface area contributed by atoms with Gasteiger partial charge >= 0.3 is 6.18 Å². The lowest BCUT2D eigenvalue weighted by molar-refractivity contribution is -0.137. The number of anilines is 2. The molecule has 1 heterocycles. The fraction of sp³-hybridized carbons (Fsp3) is 0.235. The lowest BCUT2D eigenvalue weighted by atomic mass is 10.0. The highest BCUT2D eigenvalue weighted by Gasteiger charge is 2.30. The standard InChI is InChI=1S/C17H15BrF3N3O3S/c1-22-28(25,26)12-6-7-14(13(8-12)15-9-16(18)24-27-15)23-11-4-2-10(3-5-11)17(19,20)21/h2-8,15,22-23H,9H2,1H3. The molecule has 150 valence electrons. The molecule has 0 saturated carbocycles. The molecular weight excluding hydrogens is 463 g/mol. The zero-order valence-electron chi connectivity index (χ0n) is 14.4. The number of oxime groups is 1. The van der Waals surface area contributed by atoms with Gasteiger partial charge in [0.15, 0.2) is 6.10 Å². The summed E-state index contributed by atoms with van der Waals surface area (Å²) in [6.07, 6.45) is -4.57. The Morgan fingerprint density at radius 1 is 1.18 bits per heavy atom. The maximum Gasteiger partial charge on any atom is 0.416 e. The molecule has 0 saturated heterocycles. The van der Waals surface area contributed by atoms with Gasteiger partial charge in [-0.05, 0) is 65.4 Å². The molecule has 0 aliphatic carbocycles. The highest BCUT2D eigenvalue weighted by atomic mass is 79.9. The van der Waals surface area contributed by atoms with E-state index in [0.29, 0.717) is 28.0 Å². The Bertz CT molecular complexity index is 1010. The van der Waals surface area contributed by atoms with Crippen LogP contribution in [0.5, 0.6) is 0 Å². The zero-order valence-corrected chi connectivity index (χ0v) is 16.8. The molecular formula is C17H15BrF3N3O3S. The Hall–Kier alpha value is -2.11. The molecule has 2 aromatic carbocycles. The van der Waals surface area contributed by atoms with Crippen LogP contribution in [-0.2, 0) is 21.0 Å². The van der Waals surface area contributed by atoms with Crippen molar-refractivity contribution < 1.29 is 26.4 Å². The van der Waals surface area contributed by atoms with Gasteiger partial charge in [-0.25, -0.2) is 13.1 Å². The molecule has 0 aromatic heterocycles. The van der Waals surface area contributed by atoms with Crippen LogP contribution in [0.1, 0.15) is 23.7 Å². The normalized spacial score (nSPS) is 17.2. The summed E-state index contributed by atoms with van der Waals surface area (Å²) in [5.41, 5.74) is 0.660. The van der Waals surface area contributed by atoms with Gasteiger partial charge in [-0.3, -0.25) is 0 Å². The second kappa shape index (κ2) is 7.72. The van der Waals surface area contributed by atoms with Crippen LogP contribution >= 0.6 is 15.9 Å². The number of hydrogen-bond acceptors (Lipinski definition) is 5. The van der Waals surface area contributed by atoms with Gasteiger partial charge in [-0.15, -0.1) is 0 Å². The Morgan fingerprint density at radius 3 is 2.39 bits per heavy atom. The third-order valence-corrected chi connectivity index (χ3v) is 5.95. The van der Waals surface area contributed by atoms with Gasteiger partial charge in [0.1, 0.15) is 4.62 Å². The molecule has 11 heteroatoms. The molecule has 0 spiro atoms. The van der Waals surface area contributed by atoms with E-state index in [9.17, 15) is 21.6 Å². The van der Waals surface area contributed by atoms with Crippen molar-refractivity contribution in [3.8, 4) is 0 Å². The van der Waals surface area contributed by atoms with Crippen molar-refractivity contribution in [2.45, 2.75) is 23.6 Å². The predicted molar refractivity (Wildman–Crippen MR) is 102 cm³/mol. The predicted octanol–water partition coefficient (Wildman–Crippen LogP) is 4.53. The Labute approximate surface area is 167 Å². The largest absolute Gasteiger partial charge is 0.416 e. The van der Waals surface area contributed by atoms with Crippen molar-refractivity contribution in [2.24, 2.45) is 5.16 Å². The van der Waals surface area contributed by atoms with Gasteiger partial charge in [0.25, 0.3) is 0 Å². The van der Waals surface area contributed by atoms with E-state index in [-0.39, 0.29) is 4.90 Å². The molecule has 0 bridgehead atoms. The summed E-state index contributed by atoms with van der Waals surface area (Å²) in [6.45, 7) is 0. The summed E-state index contributed by atoms with van der Waals surface area (Å²) in [5, 5.41) is 6.82. The van der Waals surface area contributed by atoms with Gasteiger partial charge in [-0.1, -0.05) is 5.16 Å². The molecule has 3 rings (SSSR count). The molecule has 1 unspecified atom stereocenters. The van der Waals surface area contributed by atoms with E-state index >= 15 is 0 Å². The van der Waals surface area contributed by atoms with Crippen molar-refractivity contribution in [1.82, 2.24) is 4.72 Å². The minimum atomic E-state index is -4.42. The first-order valence-corrected chi connectivity index (χ1v) is 10.3. The molecule has 1 atom stereocenters. The third-order valence-electron chi connectivity index (χ3n) is 4.07. The van der Waals surface area contributed by atoms with Crippen LogP contribution in [0.25, 0.3) is 0 Å². The Balaban J connectivity index is 1.95. The van der Waals surface area contributed by atoms with E-state index < -0.39 is 27.9 Å². The maximum absolute atomic E-state index is 12.7. The second-order valence-electron chi connectivity index (χ2n) is 5.92. The van der Waals surface area contributed by atoms with Gasteiger partial charge in [0.05, 0.1) is 10.5 Å². The van der Waals surface area contributed by atoms with E-state index in [1.807, 2.05) is 0 Å². The van der Waals surface area contributed by atoms with E-state index in [4.69, 9.17) is 4.84 Å². The van der Waals surface area contributed by atoms with Crippen LogP contribution in [0.2, 0.25) is 0 Å². The quantitative estimate of drug-likeness (QED) is 0.662. The average molecular weight is 478 g/mol. The Kier molecular flexibility index (Phi) is 5.69. The van der Waals surface area contributed by atoms with E-state index in [1.165, 1.54) is 37.4 Å². The molecule has 0 amide bonds. The number of nitrogens with zero attached hydrogens (tertiary/aromatic N) is 1. The number of alkyl halides is 3. The second-order valence-corrected chi connectivity index (χ2v) is 8.72. The van der Waals surface area contributed by atoms with Crippen molar-refractivity contribution in [3.05, 3.63) is 53.6 Å². The topological polar surface area (TPSA) is 79.8 Å². The number of nitrogens with one attached hydrogen (secondary N) is 2. The molecule has 2 N–H and O–H groups in total. The van der Waals surface area contributed by atoms with Crippen molar-refractivity contribution in [3.63, 3.8) is 0 Å². The fourth-order valence-electron chi connectivity index (χ4n) is 2.62. The molecule has 28 heavy (non-hydrogen) atoms. The SMILES string of the molecule is CNS(=O)(=O)c1ccc(Nc2ccc(C(F)(F)F)cc2)c(C2CC(Br)=NO2)c1. The Morgan fingerprint density at radius 2 is 1.86 bits per heavy atom. The monoisotopic (exact) mass is 477 g/mol. The van der Waals surface area contributed by atoms with Crippen molar-refractivity contribution >= 4 is 41.9 Å². The van der Waals surface area contributed by atoms with Gasteiger partial charge in [0, 0.05) is 23.4 Å². The smallest absolute Gasteiger partial charge is 0.386 e. The fourth-order valence-corrected chi connectivity index (χ4v) is 3.76. The summed E-state index contributed by atoms with van der Waals surface area (Å²) in [7, 11) is -2.38. The van der Waals surface area contributed by atoms with Crippen molar-refractivity contribution in [1.29, 1.82) is 0 Å². The number of sulfonamides is 1. The molecule has 1 aliphatic rings. The van der Waals surface area contributed by atoms with Gasteiger partial charge in [0.2, 0.25) is 10.0 Å². The first-order chi connectivity index (χ1) is 13.1. The zero-order chi connectivity index (χ0) is 20.5. The van der Waals surface area contributed by atoms with Crippen LogP contribution in [0.4, 0.5) is 24.5 Å². The molecule has 0 fully saturated rings. The number of hydrogen-bond donors (Lipinski definition) is 2. The lowest BCUT2D eigenvalue weighted by Gasteiger charge is -2.17. The lowest BCUT2D eigenvalue weighted by Crippen LogP contribution is -2.19. The summed E-state index contributed by atoms with van der Waals surface area (Å²) in [4.78, 5) is 5.37. The summed E-state index contributed by atoms with van der Waals surface area (Å²) < 4.78 is 65.2. The highest BCUT2D eigenvalue weighted by molar-refractivity contribution is 9.18. The van der Waals surface area contributed by atoms with E-state index in [2.05, 4.69) is 31.1 Å². The van der Waals surface area contributed by atoms with Crippen LogP contribution in [0, 0.1) is 0 Å². The van der Waals surface area contributed by atoms with E-state index in [1.54, 1.807) is 0 Å². The molecule has 0 radical (unpaired) electrons. The van der Waals surface area contributed by atoms with Crippen LogP contribution in [0.15, 0.2) is 52.5 Å². The maximum atomic E-state index is 12.7. The van der Waals surface area contributed by atoms with Crippen LogP contribution in [0.3, 0.4) is 0 Å². The first-order valence-electron chi connectivity index (χ1n) is 8.00. The average Bonchev–Trinajstić information content (AvgIpc) is 3.08. The van der Waals surface area contributed by atoms with Gasteiger partial charge < -0.3 is 10.2 Å². The molecule has 6 nitrogen and oxygen atoms in total. The minimum Gasteiger partial charge on any atom is -0.386 e. The first kappa shape index (κ1) is 20.6. The summed E-state index contributed by atoms with van der Waals surface area (Å²) in [5.74, 6) is 0. The number of rotatable bonds is 5. The van der Waals surface area contributed by atoms with Crippen molar-refractivity contribution in [2.75, 3.05) is 12.4 Å². The van der Waals surface area contributed by atoms with Crippen LogP contribution < -0.4 is 10.0 Å².